The summed E-state index contributed by atoms with van der Waals surface area (Å²) in [7, 11) is 0. The number of nitriles is 2. The Morgan fingerprint density at radius 3 is 2.26 bits per heavy atom. The first kappa shape index (κ1) is 18.2. The smallest absolute Gasteiger partial charge is 0.145 e. The maximum Gasteiger partial charge on any atom is 0.145 e. The Kier molecular flexibility index (Phi) is 6.19. The van der Waals surface area contributed by atoms with E-state index in [1.807, 2.05) is 42.5 Å². The third kappa shape index (κ3) is 4.52. The molecule has 0 radical (unpaired) electrons. The highest BCUT2D eigenvalue weighted by Crippen LogP contribution is 2.23. The molecule has 0 aliphatic carbocycles. The van der Waals surface area contributed by atoms with Crippen molar-refractivity contribution >= 4 is 10.9 Å². The quantitative estimate of drug-likeness (QED) is 0.572. The predicted molar refractivity (Wildman–Crippen MR) is 99.4 cm³/mol. The largest absolute Gasteiger partial charge is 0.490 e. The molecule has 3 rings (SSSR count). The number of hydrogen-bond acceptors (Lipinski definition) is 6. The maximum atomic E-state index is 9.15. The molecular formula is C21H17N3O3. The Morgan fingerprint density at radius 1 is 0.778 bits per heavy atom. The molecule has 2 aromatic carbocycles. The van der Waals surface area contributed by atoms with Gasteiger partial charge in [-0.15, -0.1) is 0 Å². The highest BCUT2D eigenvalue weighted by atomic mass is 16.5. The second kappa shape index (κ2) is 9.19. The van der Waals surface area contributed by atoms with E-state index in [-0.39, 0.29) is 12.2 Å². The van der Waals surface area contributed by atoms with Gasteiger partial charge in [0.25, 0.3) is 0 Å². The van der Waals surface area contributed by atoms with Gasteiger partial charge in [-0.1, -0.05) is 24.3 Å². The molecule has 0 unspecified atom stereocenters. The summed E-state index contributed by atoms with van der Waals surface area (Å²) in [5.74, 6) is 1.11. The molecule has 0 aliphatic heterocycles. The molecule has 1 aromatic heterocycles. The van der Waals surface area contributed by atoms with Crippen LogP contribution in [0.2, 0.25) is 0 Å². The summed E-state index contributed by atoms with van der Waals surface area (Å²) in [4.78, 5) is 4.34. The van der Waals surface area contributed by atoms with Crippen LogP contribution >= 0.6 is 0 Å². The van der Waals surface area contributed by atoms with Gasteiger partial charge >= 0.3 is 0 Å². The highest BCUT2D eigenvalue weighted by molar-refractivity contribution is 5.84. The molecular weight excluding hydrogens is 342 g/mol. The van der Waals surface area contributed by atoms with Crippen molar-refractivity contribution in [2.75, 3.05) is 26.4 Å². The first-order chi connectivity index (χ1) is 13.3. The Hall–Kier alpha value is -3.61. The van der Waals surface area contributed by atoms with Crippen LogP contribution in [0, 0.1) is 22.7 Å². The normalized spacial score (nSPS) is 10.1. The van der Waals surface area contributed by atoms with Gasteiger partial charge in [0.2, 0.25) is 0 Å². The molecule has 0 amide bonds. The fraction of sp³-hybridized carbons (Fsp3) is 0.190. The van der Waals surface area contributed by atoms with Crippen LogP contribution in [0.15, 0.2) is 54.7 Å². The molecule has 0 spiro atoms. The number of nitrogens with zero attached hydrogens (tertiary/aromatic N) is 3. The van der Waals surface area contributed by atoms with Crippen LogP contribution in [0.5, 0.6) is 11.5 Å². The lowest BCUT2D eigenvalue weighted by Crippen LogP contribution is -2.12. The minimum absolute atomic E-state index is 0.242. The summed E-state index contributed by atoms with van der Waals surface area (Å²) in [6.07, 6.45) is 1.74. The Bertz CT molecular complexity index is 1000. The van der Waals surface area contributed by atoms with Crippen LogP contribution in [0.25, 0.3) is 10.9 Å². The molecule has 6 heteroatoms. The zero-order valence-electron chi connectivity index (χ0n) is 14.6. The van der Waals surface area contributed by atoms with E-state index in [9.17, 15) is 0 Å². The molecule has 3 aromatic rings. The molecule has 0 bridgehead atoms. The van der Waals surface area contributed by atoms with Gasteiger partial charge in [0.1, 0.15) is 47.9 Å². The van der Waals surface area contributed by atoms with Gasteiger partial charge in [-0.05, 0) is 24.3 Å². The lowest BCUT2D eigenvalue weighted by atomic mass is 10.1. The number of aromatic nitrogens is 1. The standard InChI is InChI=1S/C21H17N3O3/c22-14-17-5-2-7-19(18(17)15-23)26-12-10-25-11-13-27-20-8-1-4-16-6-3-9-24-21(16)20/h1-9H,10-13H2. The van der Waals surface area contributed by atoms with Crippen molar-refractivity contribution in [1.29, 1.82) is 10.5 Å². The zero-order valence-corrected chi connectivity index (χ0v) is 14.6. The van der Waals surface area contributed by atoms with E-state index in [1.165, 1.54) is 0 Å². The van der Waals surface area contributed by atoms with Crippen molar-refractivity contribution in [1.82, 2.24) is 4.98 Å². The minimum Gasteiger partial charge on any atom is -0.490 e. The molecule has 0 aliphatic rings. The molecule has 0 atom stereocenters. The SMILES string of the molecule is N#Cc1cccc(OCCOCCOc2cccc3cccnc23)c1C#N. The van der Waals surface area contributed by atoms with Gasteiger partial charge in [-0.25, -0.2) is 0 Å². The van der Waals surface area contributed by atoms with Gasteiger partial charge in [0, 0.05) is 11.6 Å². The van der Waals surface area contributed by atoms with Crippen LogP contribution in [0.1, 0.15) is 11.1 Å². The summed E-state index contributed by atoms with van der Waals surface area (Å²) in [5, 5.41) is 19.2. The van der Waals surface area contributed by atoms with Crippen molar-refractivity contribution in [2.45, 2.75) is 0 Å². The second-order valence-corrected chi connectivity index (χ2v) is 5.54. The van der Waals surface area contributed by atoms with Crippen molar-refractivity contribution in [3.8, 4) is 23.6 Å². The van der Waals surface area contributed by atoms with Gasteiger partial charge in [-0.3, -0.25) is 4.98 Å². The zero-order chi connectivity index (χ0) is 18.9. The summed E-state index contributed by atoms with van der Waals surface area (Å²) in [6.45, 7) is 1.41. The highest BCUT2D eigenvalue weighted by Gasteiger charge is 2.08. The van der Waals surface area contributed by atoms with E-state index in [4.69, 9.17) is 24.7 Å². The van der Waals surface area contributed by atoms with Gasteiger partial charge in [-0.2, -0.15) is 10.5 Å². The fourth-order valence-corrected chi connectivity index (χ4v) is 2.58. The molecule has 0 N–H and O–H groups in total. The monoisotopic (exact) mass is 359 g/mol. The average molecular weight is 359 g/mol. The Balaban J connectivity index is 1.42. The van der Waals surface area contributed by atoms with E-state index in [2.05, 4.69) is 4.98 Å². The van der Waals surface area contributed by atoms with Crippen LogP contribution in [0.4, 0.5) is 0 Å². The summed E-state index contributed by atoms with van der Waals surface area (Å²) in [5.41, 5.74) is 1.37. The third-order valence-corrected chi connectivity index (χ3v) is 3.82. The minimum atomic E-state index is 0.242. The summed E-state index contributed by atoms with van der Waals surface area (Å²) >= 11 is 0. The van der Waals surface area contributed by atoms with Crippen molar-refractivity contribution in [2.24, 2.45) is 0 Å². The molecule has 1 heterocycles. The first-order valence-corrected chi connectivity index (χ1v) is 8.44. The van der Waals surface area contributed by atoms with E-state index < -0.39 is 0 Å². The lowest BCUT2D eigenvalue weighted by Gasteiger charge is -2.10. The molecule has 0 saturated carbocycles. The van der Waals surface area contributed by atoms with Crippen LogP contribution in [0.3, 0.4) is 0 Å². The molecule has 27 heavy (non-hydrogen) atoms. The topological polar surface area (TPSA) is 88.2 Å². The summed E-state index contributed by atoms with van der Waals surface area (Å²) in [6, 6.07) is 18.6. The first-order valence-electron chi connectivity index (χ1n) is 8.44. The van der Waals surface area contributed by atoms with E-state index >= 15 is 0 Å². The predicted octanol–water partition coefficient (Wildman–Crippen LogP) is 3.45. The fourth-order valence-electron chi connectivity index (χ4n) is 2.58. The molecule has 0 saturated heterocycles. The molecule has 6 nitrogen and oxygen atoms in total. The van der Waals surface area contributed by atoms with E-state index in [0.29, 0.717) is 31.1 Å². The van der Waals surface area contributed by atoms with Crippen LogP contribution in [-0.2, 0) is 4.74 Å². The van der Waals surface area contributed by atoms with Crippen LogP contribution < -0.4 is 9.47 Å². The van der Waals surface area contributed by atoms with E-state index in [0.717, 1.165) is 16.7 Å². The number of para-hydroxylation sites is 1. The van der Waals surface area contributed by atoms with Gasteiger partial charge in [0.15, 0.2) is 0 Å². The van der Waals surface area contributed by atoms with E-state index in [1.54, 1.807) is 24.4 Å². The average Bonchev–Trinajstić information content (AvgIpc) is 2.72. The summed E-state index contributed by atoms with van der Waals surface area (Å²) < 4.78 is 16.8. The molecule has 134 valence electrons. The Morgan fingerprint density at radius 2 is 1.48 bits per heavy atom. The number of hydrogen-bond donors (Lipinski definition) is 0. The van der Waals surface area contributed by atoms with Crippen molar-refractivity contribution in [3.63, 3.8) is 0 Å². The Labute approximate surface area is 157 Å². The number of fused-ring (bicyclic) bond motifs is 1. The van der Waals surface area contributed by atoms with Crippen LogP contribution in [-0.4, -0.2) is 31.4 Å². The van der Waals surface area contributed by atoms with Crippen molar-refractivity contribution < 1.29 is 14.2 Å². The molecule has 0 fully saturated rings. The number of rotatable bonds is 8. The maximum absolute atomic E-state index is 9.15. The number of benzene rings is 2. The number of ether oxygens (including phenoxy) is 3. The number of pyridine rings is 1. The van der Waals surface area contributed by atoms with Gasteiger partial charge in [0.05, 0.1) is 18.8 Å². The lowest BCUT2D eigenvalue weighted by molar-refractivity contribution is 0.0767. The van der Waals surface area contributed by atoms with Gasteiger partial charge < -0.3 is 14.2 Å². The third-order valence-electron chi connectivity index (χ3n) is 3.82. The second-order valence-electron chi connectivity index (χ2n) is 5.54. The van der Waals surface area contributed by atoms with Crippen molar-refractivity contribution in [3.05, 3.63) is 65.9 Å².